The Labute approximate surface area is 65.4 Å². The predicted octanol–water partition coefficient (Wildman–Crippen LogP) is 2.52. The summed E-state index contributed by atoms with van der Waals surface area (Å²) in [7, 11) is 2.19. The molecule has 0 bridgehead atoms. The largest absolute Gasteiger partial charge is 0.299 e. The standard InChI is InChI=1S/C9H21N/c1-7-8(2)10(6)9(3,4)5/h8H,7H2,1-6H3/t8-/m0/s1. The van der Waals surface area contributed by atoms with Gasteiger partial charge in [-0.2, -0.15) is 0 Å². The fourth-order valence-corrected chi connectivity index (χ4v) is 0.935. The Morgan fingerprint density at radius 3 is 1.80 bits per heavy atom. The number of hydrogen-bond acceptors (Lipinski definition) is 1. The van der Waals surface area contributed by atoms with Gasteiger partial charge in [0, 0.05) is 11.6 Å². The molecule has 10 heavy (non-hydrogen) atoms. The Kier molecular flexibility index (Phi) is 3.37. The molecule has 0 aromatic rings. The SMILES string of the molecule is CC[C@H](C)N(C)C(C)(C)C. The summed E-state index contributed by atoms with van der Waals surface area (Å²) >= 11 is 0. The first kappa shape index (κ1) is 9.96. The van der Waals surface area contributed by atoms with Gasteiger partial charge in [0.25, 0.3) is 0 Å². The van der Waals surface area contributed by atoms with Gasteiger partial charge in [0.1, 0.15) is 0 Å². The highest BCUT2D eigenvalue weighted by Gasteiger charge is 2.20. The molecule has 0 unspecified atom stereocenters. The molecule has 0 amide bonds. The van der Waals surface area contributed by atoms with Crippen molar-refractivity contribution in [3.8, 4) is 0 Å². The van der Waals surface area contributed by atoms with Crippen LogP contribution in [0.15, 0.2) is 0 Å². The summed E-state index contributed by atoms with van der Waals surface area (Å²) in [6.45, 7) is 11.2. The Morgan fingerprint density at radius 1 is 1.30 bits per heavy atom. The predicted molar refractivity (Wildman–Crippen MR) is 47.3 cm³/mol. The molecule has 0 radical (unpaired) electrons. The van der Waals surface area contributed by atoms with Crippen molar-refractivity contribution in [1.29, 1.82) is 0 Å². The van der Waals surface area contributed by atoms with E-state index in [-0.39, 0.29) is 0 Å². The maximum absolute atomic E-state index is 2.41. The topological polar surface area (TPSA) is 3.24 Å². The van der Waals surface area contributed by atoms with Crippen LogP contribution in [0.4, 0.5) is 0 Å². The lowest BCUT2D eigenvalue weighted by molar-refractivity contribution is 0.123. The van der Waals surface area contributed by atoms with Crippen LogP contribution in [0.5, 0.6) is 0 Å². The third-order valence-corrected chi connectivity index (χ3v) is 2.31. The third kappa shape index (κ3) is 2.70. The Hall–Kier alpha value is -0.0400. The number of rotatable bonds is 2. The first-order valence-electron chi connectivity index (χ1n) is 4.12. The first-order valence-corrected chi connectivity index (χ1v) is 4.12. The molecule has 0 aromatic heterocycles. The third-order valence-electron chi connectivity index (χ3n) is 2.31. The van der Waals surface area contributed by atoms with E-state index in [1.165, 1.54) is 6.42 Å². The van der Waals surface area contributed by atoms with Crippen LogP contribution in [0.3, 0.4) is 0 Å². The van der Waals surface area contributed by atoms with Crippen LogP contribution in [-0.4, -0.2) is 23.5 Å². The van der Waals surface area contributed by atoms with Gasteiger partial charge < -0.3 is 0 Å². The molecule has 0 aromatic carbocycles. The molecule has 0 N–H and O–H groups in total. The van der Waals surface area contributed by atoms with Crippen molar-refractivity contribution < 1.29 is 0 Å². The monoisotopic (exact) mass is 143 g/mol. The van der Waals surface area contributed by atoms with Crippen LogP contribution < -0.4 is 0 Å². The van der Waals surface area contributed by atoms with Gasteiger partial charge in [0.05, 0.1) is 0 Å². The molecule has 1 atom stereocenters. The van der Waals surface area contributed by atoms with E-state index in [1.54, 1.807) is 0 Å². The van der Waals surface area contributed by atoms with Gasteiger partial charge in [0.15, 0.2) is 0 Å². The average molecular weight is 143 g/mol. The highest BCUT2D eigenvalue weighted by molar-refractivity contribution is 4.76. The minimum absolute atomic E-state index is 0.315. The van der Waals surface area contributed by atoms with E-state index in [9.17, 15) is 0 Å². The highest BCUT2D eigenvalue weighted by atomic mass is 15.2. The lowest BCUT2D eigenvalue weighted by atomic mass is 10.0. The van der Waals surface area contributed by atoms with Crippen molar-refractivity contribution in [1.82, 2.24) is 4.90 Å². The zero-order valence-corrected chi connectivity index (χ0v) is 8.23. The zero-order valence-electron chi connectivity index (χ0n) is 8.23. The van der Waals surface area contributed by atoms with Gasteiger partial charge in [-0.3, -0.25) is 4.90 Å². The molecule has 0 heterocycles. The van der Waals surface area contributed by atoms with Gasteiger partial charge >= 0.3 is 0 Å². The average Bonchev–Trinajstić information content (AvgIpc) is 1.83. The molecule has 0 saturated carbocycles. The first-order chi connectivity index (χ1) is 4.39. The molecule has 0 aliphatic heterocycles. The van der Waals surface area contributed by atoms with E-state index < -0.39 is 0 Å². The summed E-state index contributed by atoms with van der Waals surface area (Å²) in [5.41, 5.74) is 0.315. The summed E-state index contributed by atoms with van der Waals surface area (Å²) in [4.78, 5) is 2.41. The molecular formula is C9H21N. The lowest BCUT2D eigenvalue weighted by Crippen LogP contribution is -2.43. The Bertz CT molecular complexity index is 91.4. The van der Waals surface area contributed by atoms with Crippen molar-refractivity contribution in [2.75, 3.05) is 7.05 Å². The van der Waals surface area contributed by atoms with E-state index >= 15 is 0 Å². The summed E-state index contributed by atoms with van der Waals surface area (Å²) in [5, 5.41) is 0. The van der Waals surface area contributed by atoms with Crippen molar-refractivity contribution >= 4 is 0 Å². The van der Waals surface area contributed by atoms with Gasteiger partial charge in [-0.25, -0.2) is 0 Å². The molecule has 0 fully saturated rings. The normalized spacial score (nSPS) is 15.9. The second kappa shape index (κ2) is 3.38. The Balaban J connectivity index is 3.94. The molecule has 1 nitrogen and oxygen atoms in total. The minimum Gasteiger partial charge on any atom is -0.299 e. The van der Waals surface area contributed by atoms with Crippen molar-refractivity contribution in [2.45, 2.75) is 52.6 Å². The minimum atomic E-state index is 0.315. The number of hydrogen-bond donors (Lipinski definition) is 0. The highest BCUT2D eigenvalue weighted by Crippen LogP contribution is 2.15. The zero-order chi connectivity index (χ0) is 8.36. The van der Waals surface area contributed by atoms with E-state index in [4.69, 9.17) is 0 Å². The maximum atomic E-state index is 2.41. The Morgan fingerprint density at radius 2 is 1.70 bits per heavy atom. The van der Waals surface area contributed by atoms with Crippen LogP contribution in [0, 0.1) is 0 Å². The van der Waals surface area contributed by atoms with Crippen LogP contribution in [0.1, 0.15) is 41.0 Å². The molecule has 1 heteroatoms. The summed E-state index contributed by atoms with van der Waals surface area (Å²) in [5.74, 6) is 0. The lowest BCUT2D eigenvalue weighted by Gasteiger charge is -2.36. The molecule has 0 saturated heterocycles. The summed E-state index contributed by atoms with van der Waals surface area (Å²) in [6, 6.07) is 0.694. The van der Waals surface area contributed by atoms with E-state index in [2.05, 4.69) is 46.6 Å². The van der Waals surface area contributed by atoms with Crippen LogP contribution in [0.25, 0.3) is 0 Å². The van der Waals surface area contributed by atoms with Gasteiger partial charge in [0.2, 0.25) is 0 Å². The molecule has 0 rings (SSSR count). The molecule has 0 spiro atoms. The second-order valence-corrected chi connectivity index (χ2v) is 4.04. The fourth-order valence-electron chi connectivity index (χ4n) is 0.935. The summed E-state index contributed by atoms with van der Waals surface area (Å²) in [6.07, 6.45) is 1.23. The van der Waals surface area contributed by atoms with Crippen LogP contribution in [-0.2, 0) is 0 Å². The van der Waals surface area contributed by atoms with E-state index in [0.717, 1.165) is 0 Å². The van der Waals surface area contributed by atoms with Crippen molar-refractivity contribution in [2.24, 2.45) is 0 Å². The maximum Gasteiger partial charge on any atom is 0.0124 e. The van der Waals surface area contributed by atoms with Crippen LogP contribution in [0.2, 0.25) is 0 Å². The van der Waals surface area contributed by atoms with Gasteiger partial charge in [-0.05, 0) is 41.2 Å². The summed E-state index contributed by atoms with van der Waals surface area (Å²) < 4.78 is 0. The fraction of sp³-hybridized carbons (Fsp3) is 1.00. The molecular weight excluding hydrogens is 122 g/mol. The van der Waals surface area contributed by atoms with E-state index in [0.29, 0.717) is 11.6 Å². The van der Waals surface area contributed by atoms with Crippen molar-refractivity contribution in [3.05, 3.63) is 0 Å². The van der Waals surface area contributed by atoms with Gasteiger partial charge in [-0.15, -0.1) is 0 Å². The smallest absolute Gasteiger partial charge is 0.0124 e. The quantitative estimate of drug-likeness (QED) is 0.574. The van der Waals surface area contributed by atoms with Crippen LogP contribution >= 0.6 is 0 Å². The van der Waals surface area contributed by atoms with E-state index in [1.807, 2.05) is 0 Å². The molecule has 62 valence electrons. The number of nitrogens with zero attached hydrogens (tertiary/aromatic N) is 1. The van der Waals surface area contributed by atoms with Crippen molar-refractivity contribution in [3.63, 3.8) is 0 Å². The van der Waals surface area contributed by atoms with Gasteiger partial charge in [-0.1, -0.05) is 6.92 Å². The molecule has 0 aliphatic rings. The molecule has 0 aliphatic carbocycles. The second-order valence-electron chi connectivity index (χ2n) is 4.04.